The van der Waals surface area contributed by atoms with Crippen LogP contribution in [0.2, 0.25) is 5.02 Å². The lowest BCUT2D eigenvalue weighted by Crippen LogP contribution is -2.13. The summed E-state index contributed by atoms with van der Waals surface area (Å²) in [5.74, 6) is 0. The van der Waals surface area contributed by atoms with Crippen molar-refractivity contribution in [2.24, 2.45) is 0 Å². The molecule has 1 nitrogen and oxygen atoms in total. The van der Waals surface area contributed by atoms with Gasteiger partial charge in [-0.2, -0.15) is 0 Å². The van der Waals surface area contributed by atoms with E-state index in [1.807, 2.05) is 36.4 Å². The van der Waals surface area contributed by atoms with E-state index >= 15 is 0 Å². The highest BCUT2D eigenvalue weighted by Crippen LogP contribution is 2.24. The van der Waals surface area contributed by atoms with Gasteiger partial charge in [0.2, 0.25) is 0 Å². The van der Waals surface area contributed by atoms with Gasteiger partial charge in [0.15, 0.2) is 0 Å². The lowest BCUT2D eigenvalue weighted by Gasteiger charge is -2.21. The highest BCUT2D eigenvalue weighted by Gasteiger charge is 2.12. The maximum absolute atomic E-state index is 5.97. The predicted molar refractivity (Wildman–Crippen MR) is 94.4 cm³/mol. The van der Waals surface area contributed by atoms with E-state index in [0.717, 1.165) is 17.1 Å². The molecular formula is C20H18ClN. The summed E-state index contributed by atoms with van der Waals surface area (Å²) in [6, 6.07) is 29.2. The molecule has 0 saturated heterocycles. The first-order chi connectivity index (χ1) is 10.8. The van der Waals surface area contributed by atoms with Gasteiger partial charge in [-0.1, -0.05) is 72.3 Å². The average molecular weight is 308 g/mol. The maximum Gasteiger partial charge on any atom is 0.0554 e. The molecule has 0 amide bonds. The van der Waals surface area contributed by atoms with Crippen LogP contribution in [-0.4, -0.2) is 0 Å². The molecule has 0 fully saturated rings. The third kappa shape index (κ3) is 3.90. The molecule has 3 aromatic rings. The molecule has 0 aliphatic carbocycles. The predicted octanol–water partition coefficient (Wildman–Crippen LogP) is 5.74. The number of nitrogens with one attached hydrogen (secondary N) is 1. The Morgan fingerprint density at radius 2 is 1.32 bits per heavy atom. The van der Waals surface area contributed by atoms with Crippen molar-refractivity contribution in [3.8, 4) is 0 Å². The zero-order chi connectivity index (χ0) is 15.2. The smallest absolute Gasteiger partial charge is 0.0554 e. The lowest BCUT2D eigenvalue weighted by molar-refractivity contribution is 0.775. The molecule has 0 heterocycles. The molecule has 1 N–H and O–H groups in total. The second-order valence-electron chi connectivity index (χ2n) is 5.30. The molecule has 3 rings (SSSR count). The molecule has 3 aromatic carbocycles. The number of halogens is 1. The van der Waals surface area contributed by atoms with Crippen molar-refractivity contribution < 1.29 is 0 Å². The van der Waals surface area contributed by atoms with Crippen molar-refractivity contribution >= 4 is 17.3 Å². The first-order valence-electron chi connectivity index (χ1n) is 7.42. The summed E-state index contributed by atoms with van der Waals surface area (Å²) >= 11 is 5.97. The molecule has 0 aliphatic rings. The first-order valence-corrected chi connectivity index (χ1v) is 7.80. The number of anilines is 1. The Kier molecular flexibility index (Phi) is 4.77. The van der Waals surface area contributed by atoms with E-state index in [2.05, 4.69) is 53.8 Å². The molecule has 0 bridgehead atoms. The SMILES string of the molecule is Clc1ccc(NC(Cc2ccccc2)c2ccccc2)cc1. The number of hydrogen-bond acceptors (Lipinski definition) is 1. The fourth-order valence-electron chi connectivity index (χ4n) is 2.53. The van der Waals surface area contributed by atoms with Crippen LogP contribution in [0.3, 0.4) is 0 Å². The molecule has 1 atom stereocenters. The van der Waals surface area contributed by atoms with Crippen molar-refractivity contribution in [2.45, 2.75) is 12.5 Å². The summed E-state index contributed by atoms with van der Waals surface area (Å²) < 4.78 is 0. The summed E-state index contributed by atoms with van der Waals surface area (Å²) in [5.41, 5.74) is 3.67. The van der Waals surface area contributed by atoms with E-state index in [-0.39, 0.29) is 6.04 Å². The Morgan fingerprint density at radius 1 is 0.727 bits per heavy atom. The zero-order valence-electron chi connectivity index (χ0n) is 12.2. The van der Waals surface area contributed by atoms with Gasteiger partial charge < -0.3 is 5.32 Å². The van der Waals surface area contributed by atoms with E-state index in [4.69, 9.17) is 11.6 Å². The third-order valence-electron chi connectivity index (χ3n) is 3.67. The van der Waals surface area contributed by atoms with Gasteiger partial charge in [-0.15, -0.1) is 0 Å². The van der Waals surface area contributed by atoms with Gasteiger partial charge in [0.25, 0.3) is 0 Å². The molecular weight excluding hydrogens is 290 g/mol. The Balaban J connectivity index is 1.84. The van der Waals surface area contributed by atoms with E-state index in [1.54, 1.807) is 0 Å². The van der Waals surface area contributed by atoms with Crippen molar-refractivity contribution in [2.75, 3.05) is 5.32 Å². The van der Waals surface area contributed by atoms with Crippen molar-refractivity contribution in [1.29, 1.82) is 0 Å². The Morgan fingerprint density at radius 3 is 1.95 bits per heavy atom. The quantitative estimate of drug-likeness (QED) is 0.634. The van der Waals surface area contributed by atoms with E-state index in [0.29, 0.717) is 0 Å². The van der Waals surface area contributed by atoms with Crippen LogP contribution < -0.4 is 5.32 Å². The van der Waals surface area contributed by atoms with Gasteiger partial charge in [-0.3, -0.25) is 0 Å². The van der Waals surface area contributed by atoms with E-state index in [9.17, 15) is 0 Å². The normalized spacial score (nSPS) is 11.9. The zero-order valence-corrected chi connectivity index (χ0v) is 13.0. The minimum Gasteiger partial charge on any atom is -0.378 e. The third-order valence-corrected chi connectivity index (χ3v) is 3.92. The van der Waals surface area contributed by atoms with Crippen LogP contribution in [0.4, 0.5) is 5.69 Å². The molecule has 0 spiro atoms. The van der Waals surface area contributed by atoms with Gasteiger partial charge in [-0.05, 0) is 41.8 Å². The minimum absolute atomic E-state index is 0.227. The number of benzene rings is 3. The van der Waals surface area contributed by atoms with Gasteiger partial charge in [0.05, 0.1) is 6.04 Å². The summed E-state index contributed by atoms with van der Waals surface area (Å²) in [6.45, 7) is 0. The summed E-state index contributed by atoms with van der Waals surface area (Å²) in [6.07, 6.45) is 0.938. The van der Waals surface area contributed by atoms with Gasteiger partial charge >= 0.3 is 0 Å². The Hall–Kier alpha value is -2.25. The molecule has 2 heteroatoms. The molecule has 0 saturated carbocycles. The molecule has 0 radical (unpaired) electrons. The molecule has 1 unspecified atom stereocenters. The van der Waals surface area contributed by atoms with Crippen LogP contribution in [0.5, 0.6) is 0 Å². The first kappa shape index (κ1) is 14.7. The monoisotopic (exact) mass is 307 g/mol. The minimum atomic E-state index is 0.227. The second kappa shape index (κ2) is 7.15. The van der Waals surface area contributed by atoms with Gasteiger partial charge in [0, 0.05) is 10.7 Å². The Bertz CT molecular complexity index is 693. The molecule has 0 aromatic heterocycles. The van der Waals surface area contributed by atoms with E-state index < -0.39 is 0 Å². The maximum atomic E-state index is 5.97. The summed E-state index contributed by atoms with van der Waals surface area (Å²) in [4.78, 5) is 0. The molecule has 0 aliphatic heterocycles. The highest BCUT2D eigenvalue weighted by molar-refractivity contribution is 6.30. The summed E-state index contributed by atoms with van der Waals surface area (Å²) in [5, 5.41) is 4.37. The topological polar surface area (TPSA) is 12.0 Å². The largest absolute Gasteiger partial charge is 0.378 e. The molecule has 22 heavy (non-hydrogen) atoms. The van der Waals surface area contributed by atoms with Crippen LogP contribution in [0, 0.1) is 0 Å². The fourth-order valence-corrected chi connectivity index (χ4v) is 2.66. The Labute approximate surface area is 136 Å². The average Bonchev–Trinajstić information content (AvgIpc) is 2.58. The van der Waals surface area contributed by atoms with Crippen molar-refractivity contribution in [3.05, 3.63) is 101 Å². The van der Waals surface area contributed by atoms with Gasteiger partial charge in [0.1, 0.15) is 0 Å². The number of hydrogen-bond donors (Lipinski definition) is 1. The van der Waals surface area contributed by atoms with Crippen LogP contribution >= 0.6 is 11.6 Å². The highest BCUT2D eigenvalue weighted by atomic mass is 35.5. The van der Waals surface area contributed by atoms with Crippen molar-refractivity contribution in [1.82, 2.24) is 0 Å². The fraction of sp³-hybridized carbons (Fsp3) is 0.100. The van der Waals surface area contributed by atoms with Crippen LogP contribution in [-0.2, 0) is 6.42 Å². The standard InChI is InChI=1S/C20H18ClN/c21-18-11-13-19(14-12-18)22-20(17-9-5-2-6-10-17)15-16-7-3-1-4-8-16/h1-14,20,22H,15H2. The second-order valence-corrected chi connectivity index (χ2v) is 5.74. The van der Waals surface area contributed by atoms with Crippen LogP contribution in [0.1, 0.15) is 17.2 Å². The van der Waals surface area contributed by atoms with Gasteiger partial charge in [-0.25, -0.2) is 0 Å². The van der Waals surface area contributed by atoms with Crippen LogP contribution in [0.25, 0.3) is 0 Å². The van der Waals surface area contributed by atoms with Crippen LogP contribution in [0.15, 0.2) is 84.9 Å². The molecule has 110 valence electrons. The van der Waals surface area contributed by atoms with E-state index in [1.165, 1.54) is 11.1 Å². The summed E-state index contributed by atoms with van der Waals surface area (Å²) in [7, 11) is 0. The lowest BCUT2D eigenvalue weighted by atomic mass is 9.98. The van der Waals surface area contributed by atoms with Crippen molar-refractivity contribution in [3.63, 3.8) is 0 Å². The number of rotatable bonds is 5.